The Balaban J connectivity index is 0.000000545. The third-order valence-electron chi connectivity index (χ3n) is 3.04. The molecular formula is C18H17N3P+. The lowest BCUT2D eigenvalue weighted by Crippen LogP contribution is -2.20. The number of nitrogens with one attached hydrogen (secondary N) is 2. The van der Waals surface area contributed by atoms with Crippen molar-refractivity contribution in [2.24, 2.45) is 0 Å². The zero-order chi connectivity index (χ0) is 15.6. The van der Waals surface area contributed by atoms with Crippen LogP contribution in [0.25, 0.3) is 0 Å². The standard InChI is InChI=1S/C18H15P.H2N3/c1-4-10-16(11-5-1)19(17-12-6-2-7-13-17)18-14-8-3-9-15-18;1-3-2/h1-15H;1-2H/q;+1. The van der Waals surface area contributed by atoms with Gasteiger partial charge in [0.2, 0.25) is 4.91 Å². The molecule has 0 radical (unpaired) electrons. The van der Waals surface area contributed by atoms with Crippen LogP contribution in [0.4, 0.5) is 0 Å². The van der Waals surface area contributed by atoms with Gasteiger partial charge in [-0.05, 0) is 23.8 Å². The molecule has 0 fully saturated rings. The molecule has 0 unspecified atom stereocenters. The van der Waals surface area contributed by atoms with Gasteiger partial charge in [0, 0.05) is 0 Å². The number of benzene rings is 3. The third-order valence-corrected chi connectivity index (χ3v) is 5.49. The van der Waals surface area contributed by atoms with Crippen LogP contribution in [0, 0.1) is 11.1 Å². The highest BCUT2D eigenvalue weighted by molar-refractivity contribution is 7.79. The molecule has 3 aromatic rings. The second-order valence-electron chi connectivity index (χ2n) is 4.45. The summed E-state index contributed by atoms with van der Waals surface area (Å²) in [6, 6.07) is 32.3. The molecule has 3 nitrogen and oxygen atoms in total. The Morgan fingerprint density at radius 1 is 0.500 bits per heavy atom. The molecule has 3 rings (SSSR count). The van der Waals surface area contributed by atoms with E-state index in [1.165, 1.54) is 15.9 Å². The molecule has 0 aliphatic heterocycles. The van der Waals surface area contributed by atoms with Gasteiger partial charge in [0.05, 0.1) is 0 Å². The van der Waals surface area contributed by atoms with Crippen molar-refractivity contribution in [1.29, 1.82) is 11.1 Å². The summed E-state index contributed by atoms with van der Waals surface area (Å²) in [7, 11) is -0.446. The smallest absolute Gasteiger partial charge is 0.0622 e. The van der Waals surface area contributed by atoms with Crippen LogP contribution in [0.15, 0.2) is 91.0 Å². The van der Waals surface area contributed by atoms with E-state index < -0.39 is 7.92 Å². The molecule has 2 N–H and O–H groups in total. The maximum absolute atomic E-state index is 5.50. The molecule has 0 atom stereocenters. The third kappa shape index (κ3) is 4.20. The van der Waals surface area contributed by atoms with Crippen molar-refractivity contribution in [1.82, 2.24) is 4.91 Å². The minimum absolute atomic E-state index is 0.446. The monoisotopic (exact) mass is 306 g/mol. The average Bonchev–Trinajstić information content (AvgIpc) is 2.59. The van der Waals surface area contributed by atoms with Gasteiger partial charge in [0.1, 0.15) is 11.1 Å². The first-order valence-electron chi connectivity index (χ1n) is 6.85. The van der Waals surface area contributed by atoms with E-state index in [0.717, 1.165) is 0 Å². The molecule has 0 aliphatic carbocycles. The van der Waals surface area contributed by atoms with Crippen LogP contribution in [-0.2, 0) is 0 Å². The van der Waals surface area contributed by atoms with Crippen molar-refractivity contribution in [3.05, 3.63) is 91.0 Å². The van der Waals surface area contributed by atoms with E-state index in [4.69, 9.17) is 11.1 Å². The van der Waals surface area contributed by atoms with Crippen molar-refractivity contribution in [3.63, 3.8) is 0 Å². The number of nitrogens with zero attached hydrogens (tertiary/aromatic N) is 1. The van der Waals surface area contributed by atoms with Crippen molar-refractivity contribution in [2.45, 2.75) is 0 Å². The van der Waals surface area contributed by atoms with E-state index in [1.54, 1.807) is 0 Å². The van der Waals surface area contributed by atoms with E-state index in [-0.39, 0.29) is 0 Å². The van der Waals surface area contributed by atoms with Crippen LogP contribution in [-0.4, -0.2) is 0 Å². The number of hydrogen-bond acceptors (Lipinski definition) is 2. The van der Waals surface area contributed by atoms with Gasteiger partial charge in [-0.25, -0.2) is 0 Å². The molecule has 0 saturated heterocycles. The highest BCUT2D eigenvalue weighted by atomic mass is 31.1. The van der Waals surface area contributed by atoms with Gasteiger partial charge in [0.25, 0.3) is 0 Å². The van der Waals surface area contributed by atoms with Crippen LogP contribution < -0.4 is 20.8 Å². The van der Waals surface area contributed by atoms with E-state index >= 15 is 0 Å². The van der Waals surface area contributed by atoms with Crippen molar-refractivity contribution in [3.8, 4) is 0 Å². The Morgan fingerprint density at radius 3 is 0.955 bits per heavy atom. The summed E-state index contributed by atoms with van der Waals surface area (Å²) in [6.45, 7) is 0. The van der Waals surface area contributed by atoms with Gasteiger partial charge in [-0.3, -0.25) is 0 Å². The molecular weight excluding hydrogens is 289 g/mol. The quantitative estimate of drug-likeness (QED) is 0.422. The van der Waals surface area contributed by atoms with E-state index in [0.29, 0.717) is 0 Å². The zero-order valence-corrected chi connectivity index (χ0v) is 12.9. The van der Waals surface area contributed by atoms with E-state index in [2.05, 4.69) is 91.0 Å². The van der Waals surface area contributed by atoms with Gasteiger partial charge >= 0.3 is 0 Å². The SMILES string of the molecule is N=[N+]=N.c1ccc(P(c2ccccc2)c2ccccc2)cc1. The fourth-order valence-corrected chi connectivity index (χ4v) is 4.48. The first kappa shape index (κ1) is 15.8. The summed E-state index contributed by atoms with van der Waals surface area (Å²) >= 11 is 0. The summed E-state index contributed by atoms with van der Waals surface area (Å²) in [4.78, 5) is 2.00. The molecule has 3 aromatic carbocycles. The molecule has 4 heteroatoms. The summed E-state index contributed by atoms with van der Waals surface area (Å²) in [6.07, 6.45) is 0. The van der Waals surface area contributed by atoms with Crippen LogP contribution in [0.2, 0.25) is 0 Å². The molecule has 0 aliphatic rings. The van der Waals surface area contributed by atoms with Crippen LogP contribution in [0.3, 0.4) is 0 Å². The average molecular weight is 306 g/mol. The highest BCUT2D eigenvalue weighted by Crippen LogP contribution is 2.32. The minimum atomic E-state index is -0.446. The molecule has 0 bridgehead atoms. The normalized spacial score (nSPS) is 9.50. The first-order valence-corrected chi connectivity index (χ1v) is 8.19. The second kappa shape index (κ2) is 8.63. The summed E-state index contributed by atoms with van der Waals surface area (Å²) in [5.41, 5.74) is 11.0. The lowest BCUT2D eigenvalue weighted by atomic mass is 10.4. The minimum Gasteiger partial charge on any atom is -0.0622 e. The Labute approximate surface area is 131 Å². The van der Waals surface area contributed by atoms with Gasteiger partial charge in [-0.1, -0.05) is 91.0 Å². The van der Waals surface area contributed by atoms with E-state index in [1.807, 2.05) is 4.91 Å². The second-order valence-corrected chi connectivity index (χ2v) is 6.67. The zero-order valence-electron chi connectivity index (χ0n) is 12.1. The predicted molar refractivity (Wildman–Crippen MR) is 92.7 cm³/mol. The lowest BCUT2D eigenvalue weighted by molar-refractivity contribution is 0.928. The van der Waals surface area contributed by atoms with Crippen LogP contribution in [0.1, 0.15) is 0 Å². The van der Waals surface area contributed by atoms with Gasteiger partial charge in [-0.15, -0.1) is 0 Å². The Kier molecular flexibility index (Phi) is 6.19. The molecule has 0 saturated carbocycles. The first-order chi connectivity index (χ1) is 10.9. The van der Waals surface area contributed by atoms with Gasteiger partial charge in [0.15, 0.2) is 0 Å². The van der Waals surface area contributed by atoms with E-state index in [9.17, 15) is 0 Å². The maximum Gasteiger partial charge on any atom is 0.211 e. The van der Waals surface area contributed by atoms with Crippen LogP contribution >= 0.6 is 7.92 Å². The van der Waals surface area contributed by atoms with Crippen molar-refractivity contribution >= 4 is 23.8 Å². The largest absolute Gasteiger partial charge is 0.211 e. The summed E-state index contributed by atoms with van der Waals surface area (Å²) < 4.78 is 0. The Bertz CT molecular complexity index is 615. The molecule has 0 spiro atoms. The fraction of sp³-hybridized carbons (Fsp3) is 0. The topological polar surface area (TPSA) is 61.8 Å². The molecule has 0 amide bonds. The highest BCUT2D eigenvalue weighted by Gasteiger charge is 2.14. The van der Waals surface area contributed by atoms with Gasteiger partial charge in [-0.2, -0.15) is 0 Å². The lowest BCUT2D eigenvalue weighted by Gasteiger charge is -2.18. The number of rotatable bonds is 3. The number of hydrogen-bond donors (Lipinski definition) is 2. The van der Waals surface area contributed by atoms with Crippen LogP contribution in [0.5, 0.6) is 0 Å². The van der Waals surface area contributed by atoms with Crippen molar-refractivity contribution < 1.29 is 0 Å². The molecule has 108 valence electrons. The molecule has 0 aromatic heterocycles. The Morgan fingerprint density at radius 2 is 0.727 bits per heavy atom. The molecule has 0 heterocycles. The Hall–Kier alpha value is -2.60. The van der Waals surface area contributed by atoms with Gasteiger partial charge < -0.3 is 0 Å². The summed E-state index contributed by atoms with van der Waals surface area (Å²) in [5.74, 6) is 0. The van der Waals surface area contributed by atoms with Crippen molar-refractivity contribution in [2.75, 3.05) is 0 Å². The predicted octanol–water partition coefficient (Wildman–Crippen LogP) is 3.56. The summed E-state index contributed by atoms with van der Waals surface area (Å²) in [5, 5.41) is 4.19. The maximum atomic E-state index is 5.50. The molecule has 22 heavy (non-hydrogen) atoms. The fourth-order valence-electron chi connectivity index (χ4n) is 2.18.